The van der Waals surface area contributed by atoms with Crippen LogP contribution in [0.4, 0.5) is 15.3 Å². The standard InChI is InChI=1S/C24H25Cl2N9O3/c1-3-4-18(22-31-20(21(26)32-22)14-5-8-17(9-6-14)29-24(37)38-2)30-23(36)27-12-15-11-16(25)7-10-19(15)35-13-28-33-34-35/h5-11,13,18H,3-4,12H2,1-2H3,(H,29,37)(H,31,32)(H2,27,30,36). The van der Waals surface area contributed by atoms with Gasteiger partial charge in [-0.15, -0.1) is 5.10 Å². The molecule has 0 aliphatic heterocycles. The van der Waals surface area contributed by atoms with E-state index >= 15 is 0 Å². The molecule has 0 radical (unpaired) electrons. The average Bonchev–Trinajstić information content (AvgIpc) is 3.58. The molecular formula is C24H25Cl2N9O3. The smallest absolute Gasteiger partial charge is 0.411 e. The van der Waals surface area contributed by atoms with Crippen LogP contribution in [0.5, 0.6) is 0 Å². The van der Waals surface area contributed by atoms with Crippen molar-refractivity contribution in [3.63, 3.8) is 0 Å². The van der Waals surface area contributed by atoms with E-state index in [0.29, 0.717) is 39.5 Å². The van der Waals surface area contributed by atoms with Gasteiger partial charge in [0.15, 0.2) is 0 Å². The van der Waals surface area contributed by atoms with Crippen molar-refractivity contribution >= 4 is 41.0 Å². The number of nitrogens with one attached hydrogen (secondary N) is 4. The molecule has 1 atom stereocenters. The molecule has 38 heavy (non-hydrogen) atoms. The first-order valence-corrected chi connectivity index (χ1v) is 12.4. The first-order chi connectivity index (χ1) is 18.4. The van der Waals surface area contributed by atoms with Gasteiger partial charge in [-0.1, -0.05) is 48.7 Å². The van der Waals surface area contributed by atoms with E-state index in [4.69, 9.17) is 23.2 Å². The predicted octanol–water partition coefficient (Wildman–Crippen LogP) is 4.88. The summed E-state index contributed by atoms with van der Waals surface area (Å²) < 4.78 is 6.10. The SMILES string of the molecule is CCCC(NC(=O)NCc1cc(Cl)ccc1-n1cnnn1)c1nc(-c2ccc(NC(=O)OC)cc2)c(Cl)[nH]1. The molecule has 0 saturated carbocycles. The van der Waals surface area contributed by atoms with E-state index in [1.165, 1.54) is 18.1 Å². The van der Waals surface area contributed by atoms with E-state index in [1.807, 2.05) is 6.92 Å². The topological polar surface area (TPSA) is 152 Å². The van der Waals surface area contributed by atoms with E-state index in [9.17, 15) is 9.59 Å². The summed E-state index contributed by atoms with van der Waals surface area (Å²) in [5, 5.41) is 20.5. The first kappa shape index (κ1) is 26.9. The third-order valence-electron chi connectivity index (χ3n) is 5.56. The number of anilines is 1. The number of carbonyl (C=O) groups is 2. The fraction of sp³-hybridized carbons (Fsp3) is 0.250. The Labute approximate surface area is 228 Å². The van der Waals surface area contributed by atoms with E-state index in [-0.39, 0.29) is 6.54 Å². The second-order valence-corrected chi connectivity index (χ2v) is 8.99. The number of tetrazole rings is 1. The van der Waals surface area contributed by atoms with E-state index in [2.05, 4.69) is 46.2 Å². The second kappa shape index (κ2) is 12.4. The van der Waals surface area contributed by atoms with Crippen LogP contribution in [-0.4, -0.2) is 49.4 Å². The maximum atomic E-state index is 12.8. The molecule has 4 N–H and O–H groups in total. The van der Waals surface area contributed by atoms with Crippen molar-refractivity contribution in [3.05, 3.63) is 70.4 Å². The molecule has 198 valence electrons. The van der Waals surface area contributed by atoms with Gasteiger partial charge in [0.05, 0.1) is 18.8 Å². The van der Waals surface area contributed by atoms with Gasteiger partial charge in [0.2, 0.25) is 0 Å². The summed E-state index contributed by atoms with van der Waals surface area (Å²) in [6, 6.07) is 11.4. The maximum Gasteiger partial charge on any atom is 0.411 e. The van der Waals surface area contributed by atoms with E-state index in [0.717, 1.165) is 17.5 Å². The zero-order chi connectivity index (χ0) is 27.1. The molecule has 2 heterocycles. The van der Waals surface area contributed by atoms with Crippen LogP contribution in [0.2, 0.25) is 10.2 Å². The van der Waals surface area contributed by atoms with Crippen molar-refractivity contribution < 1.29 is 14.3 Å². The number of benzene rings is 2. The Morgan fingerprint density at radius 2 is 1.95 bits per heavy atom. The summed E-state index contributed by atoms with van der Waals surface area (Å²) in [6.07, 6.45) is 2.33. The quantitative estimate of drug-likeness (QED) is 0.229. The highest BCUT2D eigenvalue weighted by Gasteiger charge is 2.21. The van der Waals surface area contributed by atoms with Crippen LogP contribution in [0.3, 0.4) is 0 Å². The van der Waals surface area contributed by atoms with Gasteiger partial charge in [0, 0.05) is 22.8 Å². The second-order valence-electron chi connectivity index (χ2n) is 8.17. The highest BCUT2D eigenvalue weighted by molar-refractivity contribution is 6.32. The minimum absolute atomic E-state index is 0.191. The molecule has 0 bridgehead atoms. The number of nitrogens with zero attached hydrogens (tertiary/aromatic N) is 5. The average molecular weight is 558 g/mol. The number of rotatable bonds is 9. The summed E-state index contributed by atoms with van der Waals surface area (Å²) in [7, 11) is 1.29. The summed E-state index contributed by atoms with van der Waals surface area (Å²) >= 11 is 12.6. The minimum Gasteiger partial charge on any atom is -0.453 e. The lowest BCUT2D eigenvalue weighted by molar-refractivity contribution is 0.187. The third kappa shape index (κ3) is 6.58. The number of urea groups is 1. The molecule has 0 aliphatic rings. The van der Waals surface area contributed by atoms with Crippen LogP contribution in [0, 0.1) is 0 Å². The number of halogens is 2. The Balaban J connectivity index is 1.45. The summed E-state index contributed by atoms with van der Waals surface area (Å²) in [4.78, 5) is 32.0. The van der Waals surface area contributed by atoms with Crippen LogP contribution < -0.4 is 16.0 Å². The van der Waals surface area contributed by atoms with Crippen molar-refractivity contribution in [1.82, 2.24) is 40.8 Å². The summed E-state index contributed by atoms with van der Waals surface area (Å²) in [5.41, 5.74) is 3.27. The molecule has 12 nitrogen and oxygen atoms in total. The number of amides is 3. The Bertz CT molecular complexity index is 1390. The molecule has 4 aromatic rings. The predicted molar refractivity (Wildman–Crippen MR) is 142 cm³/mol. The molecule has 0 aliphatic carbocycles. The maximum absolute atomic E-state index is 12.8. The van der Waals surface area contributed by atoms with Gasteiger partial charge < -0.3 is 20.4 Å². The molecule has 3 amide bonds. The van der Waals surface area contributed by atoms with Crippen molar-refractivity contribution in [2.75, 3.05) is 12.4 Å². The number of imidazole rings is 1. The fourth-order valence-electron chi connectivity index (χ4n) is 3.75. The Morgan fingerprint density at radius 3 is 2.63 bits per heavy atom. The van der Waals surface area contributed by atoms with Gasteiger partial charge in [-0.25, -0.2) is 19.3 Å². The van der Waals surface area contributed by atoms with Crippen LogP contribution in [0.15, 0.2) is 48.8 Å². The highest BCUT2D eigenvalue weighted by Crippen LogP contribution is 2.29. The zero-order valence-electron chi connectivity index (χ0n) is 20.5. The molecule has 0 fully saturated rings. The van der Waals surface area contributed by atoms with Crippen LogP contribution >= 0.6 is 23.2 Å². The number of hydrogen-bond donors (Lipinski definition) is 4. The van der Waals surface area contributed by atoms with Gasteiger partial charge in [0.1, 0.15) is 23.0 Å². The number of aromatic nitrogens is 6. The Kier molecular flexibility index (Phi) is 8.77. The third-order valence-corrected chi connectivity index (χ3v) is 6.07. The number of methoxy groups -OCH3 is 1. The van der Waals surface area contributed by atoms with Crippen molar-refractivity contribution in [3.8, 4) is 16.9 Å². The lowest BCUT2D eigenvalue weighted by Crippen LogP contribution is -2.38. The summed E-state index contributed by atoms with van der Waals surface area (Å²) in [6.45, 7) is 2.20. The zero-order valence-corrected chi connectivity index (χ0v) is 22.0. The lowest BCUT2D eigenvalue weighted by atomic mass is 10.1. The summed E-state index contributed by atoms with van der Waals surface area (Å²) in [5.74, 6) is 0.524. The molecule has 1 unspecified atom stereocenters. The molecule has 0 saturated heterocycles. The van der Waals surface area contributed by atoms with Gasteiger partial charge in [-0.3, -0.25) is 5.32 Å². The van der Waals surface area contributed by atoms with Crippen LogP contribution in [0.1, 0.15) is 37.2 Å². The van der Waals surface area contributed by atoms with Crippen molar-refractivity contribution in [2.45, 2.75) is 32.4 Å². The largest absolute Gasteiger partial charge is 0.453 e. The molecule has 0 spiro atoms. The number of aromatic amines is 1. The highest BCUT2D eigenvalue weighted by atomic mass is 35.5. The monoisotopic (exact) mass is 557 g/mol. The van der Waals surface area contributed by atoms with E-state index in [1.54, 1.807) is 42.5 Å². The van der Waals surface area contributed by atoms with Gasteiger partial charge in [0.25, 0.3) is 0 Å². The first-order valence-electron chi connectivity index (χ1n) is 11.6. The molecule has 2 aromatic heterocycles. The number of carbonyl (C=O) groups excluding carboxylic acids is 2. The van der Waals surface area contributed by atoms with Crippen molar-refractivity contribution in [2.24, 2.45) is 0 Å². The molecular weight excluding hydrogens is 533 g/mol. The van der Waals surface area contributed by atoms with Gasteiger partial charge in [-0.2, -0.15) is 0 Å². The van der Waals surface area contributed by atoms with Gasteiger partial charge in [-0.05, 0) is 52.7 Å². The number of H-pyrrole nitrogens is 1. The molecule has 2 aromatic carbocycles. The Morgan fingerprint density at radius 1 is 1.16 bits per heavy atom. The molecule has 4 rings (SSSR count). The fourth-order valence-corrected chi connectivity index (χ4v) is 4.19. The normalized spacial score (nSPS) is 11.6. The molecule has 14 heteroatoms. The number of ether oxygens (including phenoxy) is 1. The minimum atomic E-state index is -0.563. The van der Waals surface area contributed by atoms with Crippen LogP contribution in [-0.2, 0) is 11.3 Å². The van der Waals surface area contributed by atoms with Gasteiger partial charge >= 0.3 is 12.1 Å². The van der Waals surface area contributed by atoms with E-state index < -0.39 is 18.2 Å². The van der Waals surface area contributed by atoms with Crippen LogP contribution in [0.25, 0.3) is 16.9 Å². The number of hydrogen-bond acceptors (Lipinski definition) is 7. The van der Waals surface area contributed by atoms with Crippen molar-refractivity contribution in [1.29, 1.82) is 0 Å². The Hall–Kier alpha value is -4.16. The lowest BCUT2D eigenvalue weighted by Gasteiger charge is -2.17.